The number of carbonyl (C=O) groups excluding carboxylic acids is 2. The maximum absolute atomic E-state index is 14.0. The third kappa shape index (κ3) is 1.85. The van der Waals surface area contributed by atoms with Crippen LogP contribution in [0.3, 0.4) is 0 Å². The summed E-state index contributed by atoms with van der Waals surface area (Å²) in [7, 11) is 1.79. The van der Waals surface area contributed by atoms with Crippen LogP contribution in [0.1, 0.15) is 30.6 Å². The van der Waals surface area contributed by atoms with E-state index in [1.54, 1.807) is 11.9 Å². The van der Waals surface area contributed by atoms with E-state index in [1.165, 1.54) is 6.07 Å². The summed E-state index contributed by atoms with van der Waals surface area (Å²) in [5, 5.41) is 2.44. The van der Waals surface area contributed by atoms with Gasteiger partial charge in [-0.2, -0.15) is 0 Å². The Hall–Kier alpha value is -1.91. The minimum absolute atomic E-state index is 0.110. The summed E-state index contributed by atoms with van der Waals surface area (Å²) in [4.78, 5) is 24.4. The van der Waals surface area contributed by atoms with E-state index in [1.807, 2.05) is 13.8 Å². The Morgan fingerprint density at radius 2 is 2.06 bits per heavy atom. The van der Waals surface area contributed by atoms with Crippen LogP contribution in [-0.2, 0) is 4.79 Å². The minimum atomic E-state index is -0.701. The first-order valence-electron chi connectivity index (χ1n) is 5.87. The number of amides is 1. The van der Waals surface area contributed by atoms with Gasteiger partial charge < -0.3 is 10.2 Å². The Labute approximate surface area is 105 Å². The number of Topliss-reactive ketones (excluding diaryl/α,β-unsaturated/α-hetero) is 1. The number of halogens is 1. The minimum Gasteiger partial charge on any atom is -0.369 e. The van der Waals surface area contributed by atoms with Gasteiger partial charge in [-0.25, -0.2) is 4.39 Å². The predicted octanol–water partition coefficient (Wildman–Crippen LogP) is 2.20. The van der Waals surface area contributed by atoms with Crippen molar-refractivity contribution in [1.82, 2.24) is 0 Å². The summed E-state index contributed by atoms with van der Waals surface area (Å²) in [6.45, 7) is 3.99. The van der Waals surface area contributed by atoms with E-state index in [2.05, 4.69) is 5.32 Å². The highest BCUT2D eigenvalue weighted by Gasteiger charge is 2.30. The second-order valence-electron chi connectivity index (χ2n) is 4.50. The highest BCUT2D eigenvalue weighted by atomic mass is 19.1. The zero-order chi connectivity index (χ0) is 13.4. The summed E-state index contributed by atoms with van der Waals surface area (Å²) in [5.74, 6) is -1.87. The molecule has 1 aliphatic rings. The van der Waals surface area contributed by atoms with Crippen LogP contribution in [0.15, 0.2) is 12.1 Å². The molecule has 0 fully saturated rings. The van der Waals surface area contributed by atoms with Crippen molar-refractivity contribution < 1.29 is 14.0 Å². The summed E-state index contributed by atoms with van der Waals surface area (Å²) in [5.41, 5.74) is 0.883. The van der Waals surface area contributed by atoms with Gasteiger partial charge in [-0.3, -0.25) is 9.59 Å². The SMILES string of the molecule is CCC(C)N(C)c1cc2c(cc1F)C(=O)C(=O)N2. The normalized spacial score (nSPS) is 15.3. The van der Waals surface area contributed by atoms with Crippen LogP contribution in [0.5, 0.6) is 0 Å². The van der Waals surface area contributed by atoms with Crippen LogP contribution in [0, 0.1) is 5.82 Å². The smallest absolute Gasteiger partial charge is 0.296 e. The lowest BCUT2D eigenvalue weighted by atomic mass is 10.1. The highest BCUT2D eigenvalue weighted by Crippen LogP contribution is 2.31. The fourth-order valence-electron chi connectivity index (χ4n) is 1.94. The quantitative estimate of drug-likeness (QED) is 0.837. The van der Waals surface area contributed by atoms with Crippen LogP contribution in [0.25, 0.3) is 0 Å². The number of nitrogens with zero attached hydrogens (tertiary/aromatic N) is 1. The Kier molecular flexibility index (Phi) is 3.07. The third-order valence-electron chi connectivity index (χ3n) is 3.42. The van der Waals surface area contributed by atoms with E-state index in [4.69, 9.17) is 0 Å². The number of nitrogens with one attached hydrogen (secondary N) is 1. The molecule has 0 saturated heterocycles. The van der Waals surface area contributed by atoms with Crippen molar-refractivity contribution in [2.45, 2.75) is 26.3 Å². The van der Waals surface area contributed by atoms with Crippen molar-refractivity contribution >= 4 is 23.1 Å². The molecular weight excluding hydrogens is 235 g/mol. The monoisotopic (exact) mass is 250 g/mol. The molecule has 1 atom stereocenters. The van der Waals surface area contributed by atoms with Crippen LogP contribution in [0.2, 0.25) is 0 Å². The number of hydrogen-bond donors (Lipinski definition) is 1. The topological polar surface area (TPSA) is 49.4 Å². The fourth-order valence-corrected chi connectivity index (χ4v) is 1.94. The Bertz CT molecular complexity index is 528. The van der Waals surface area contributed by atoms with E-state index in [-0.39, 0.29) is 11.6 Å². The van der Waals surface area contributed by atoms with E-state index in [9.17, 15) is 14.0 Å². The highest BCUT2D eigenvalue weighted by molar-refractivity contribution is 6.51. The lowest BCUT2D eigenvalue weighted by molar-refractivity contribution is -0.112. The molecule has 0 radical (unpaired) electrons. The average Bonchev–Trinajstić information content (AvgIpc) is 2.63. The molecule has 1 aromatic carbocycles. The molecule has 1 unspecified atom stereocenters. The van der Waals surface area contributed by atoms with Gasteiger partial charge >= 0.3 is 0 Å². The van der Waals surface area contributed by atoms with Crippen molar-refractivity contribution in [2.24, 2.45) is 0 Å². The number of benzene rings is 1. The van der Waals surface area contributed by atoms with E-state index in [0.29, 0.717) is 11.4 Å². The predicted molar refractivity (Wildman–Crippen MR) is 67.5 cm³/mol. The zero-order valence-corrected chi connectivity index (χ0v) is 10.6. The molecule has 1 aromatic rings. The Balaban J connectivity index is 2.45. The number of hydrogen-bond acceptors (Lipinski definition) is 3. The molecule has 0 saturated carbocycles. The van der Waals surface area contributed by atoms with Crippen molar-refractivity contribution in [3.8, 4) is 0 Å². The van der Waals surface area contributed by atoms with Gasteiger partial charge in [0.2, 0.25) is 0 Å². The van der Waals surface area contributed by atoms with E-state index in [0.717, 1.165) is 12.5 Å². The van der Waals surface area contributed by atoms with Gasteiger partial charge in [0.1, 0.15) is 5.82 Å². The molecular formula is C13H15FN2O2. The summed E-state index contributed by atoms with van der Waals surface area (Å²) < 4.78 is 14.0. The first-order valence-corrected chi connectivity index (χ1v) is 5.87. The first kappa shape index (κ1) is 12.5. The molecule has 0 aromatic heterocycles. The van der Waals surface area contributed by atoms with Gasteiger partial charge in [-0.05, 0) is 25.5 Å². The molecule has 18 heavy (non-hydrogen) atoms. The van der Waals surface area contributed by atoms with Gasteiger partial charge in [0.05, 0.1) is 16.9 Å². The van der Waals surface area contributed by atoms with Crippen LogP contribution in [-0.4, -0.2) is 24.8 Å². The molecule has 0 aliphatic carbocycles. The number of ketones is 1. The van der Waals surface area contributed by atoms with Crippen molar-refractivity contribution in [3.63, 3.8) is 0 Å². The lowest BCUT2D eigenvalue weighted by Gasteiger charge is -2.26. The van der Waals surface area contributed by atoms with Crippen LogP contribution in [0.4, 0.5) is 15.8 Å². The molecule has 5 heteroatoms. The summed E-state index contributed by atoms with van der Waals surface area (Å²) in [6.07, 6.45) is 0.873. The molecule has 1 amide bonds. The number of anilines is 2. The molecule has 0 spiro atoms. The van der Waals surface area contributed by atoms with Gasteiger partial charge in [-0.15, -0.1) is 0 Å². The molecule has 4 nitrogen and oxygen atoms in total. The van der Waals surface area contributed by atoms with Gasteiger partial charge in [0.15, 0.2) is 0 Å². The molecule has 2 rings (SSSR count). The second-order valence-corrected chi connectivity index (χ2v) is 4.50. The molecule has 1 N–H and O–H groups in total. The Morgan fingerprint density at radius 3 is 2.67 bits per heavy atom. The van der Waals surface area contributed by atoms with Gasteiger partial charge in [-0.1, -0.05) is 6.92 Å². The van der Waals surface area contributed by atoms with Crippen molar-refractivity contribution in [2.75, 3.05) is 17.3 Å². The van der Waals surface area contributed by atoms with Gasteiger partial charge in [0, 0.05) is 13.1 Å². The lowest BCUT2D eigenvalue weighted by Crippen LogP contribution is -2.28. The summed E-state index contributed by atoms with van der Waals surface area (Å²) >= 11 is 0. The maximum atomic E-state index is 14.0. The second kappa shape index (κ2) is 4.40. The third-order valence-corrected chi connectivity index (χ3v) is 3.42. The summed E-state index contributed by atoms with van der Waals surface area (Å²) in [6, 6.07) is 2.81. The fraction of sp³-hybridized carbons (Fsp3) is 0.385. The van der Waals surface area contributed by atoms with Crippen molar-refractivity contribution in [3.05, 3.63) is 23.5 Å². The standard InChI is InChI=1S/C13H15FN2O2/c1-4-7(2)16(3)11-6-10-8(5-9(11)14)12(17)13(18)15-10/h5-7H,4H2,1-3H3,(H,15,17,18). The molecule has 1 aliphatic heterocycles. The van der Waals surface area contributed by atoms with E-state index < -0.39 is 17.5 Å². The Morgan fingerprint density at radius 1 is 1.39 bits per heavy atom. The number of carbonyl (C=O) groups is 2. The van der Waals surface area contributed by atoms with Crippen molar-refractivity contribution in [1.29, 1.82) is 0 Å². The van der Waals surface area contributed by atoms with Crippen LogP contribution >= 0.6 is 0 Å². The number of fused-ring (bicyclic) bond motifs is 1. The first-order chi connectivity index (χ1) is 8.45. The van der Waals surface area contributed by atoms with Crippen LogP contribution < -0.4 is 10.2 Å². The average molecular weight is 250 g/mol. The molecule has 1 heterocycles. The molecule has 96 valence electrons. The van der Waals surface area contributed by atoms with E-state index >= 15 is 0 Å². The number of rotatable bonds is 3. The maximum Gasteiger partial charge on any atom is 0.296 e. The largest absolute Gasteiger partial charge is 0.369 e. The zero-order valence-electron chi connectivity index (χ0n) is 10.6. The molecule has 0 bridgehead atoms. The van der Waals surface area contributed by atoms with Gasteiger partial charge in [0.25, 0.3) is 11.7 Å².